The largest absolute Gasteiger partial charge is 1.00 e. The molecule has 1 aromatic carbocycles. The van der Waals surface area contributed by atoms with Crippen LogP contribution in [0.25, 0.3) is 12.2 Å². The van der Waals surface area contributed by atoms with Gasteiger partial charge in [0.2, 0.25) is 0 Å². The Kier molecular flexibility index (Phi) is 6.56. The molecule has 0 atom stereocenters. The third-order valence-electron chi connectivity index (χ3n) is 2.86. The number of rotatable bonds is 5. The molecule has 21 heavy (non-hydrogen) atoms. The normalized spacial score (nSPS) is 10.3. The van der Waals surface area contributed by atoms with Crippen LogP contribution in [0.5, 0.6) is 0 Å². The summed E-state index contributed by atoms with van der Waals surface area (Å²) in [7, 11) is 0. The van der Waals surface area contributed by atoms with E-state index in [0.29, 0.717) is 12.1 Å². The second-order valence-electron chi connectivity index (χ2n) is 4.37. The number of aryl methyl sites for hydroxylation is 1. The van der Waals surface area contributed by atoms with Crippen LogP contribution in [0, 0.1) is 5.82 Å². The molecule has 0 radical (unpaired) electrons. The number of hydrogen-bond acceptors (Lipinski definition) is 1. The first-order valence-electron chi connectivity index (χ1n) is 6.28. The third kappa shape index (κ3) is 5.36. The number of aromatic nitrogens is 1. The first-order chi connectivity index (χ1) is 9.65. The third-order valence-corrected chi connectivity index (χ3v) is 2.86. The van der Waals surface area contributed by atoms with Crippen LogP contribution in [0.3, 0.4) is 0 Å². The number of carbonyl (C=O) groups is 1. The molecule has 0 bridgehead atoms. The standard InChI is InChI=1S/C16H14FNO2.ClH/c17-15-4-2-1-3-14(15)6-5-13-7-10-18(11-8-13)12-9-16(19)20;/h1-8,10-11H,9,12H2;1H/b6-5-;. The summed E-state index contributed by atoms with van der Waals surface area (Å²) in [5.41, 5.74) is 1.47. The lowest BCUT2D eigenvalue weighted by atomic mass is 10.1. The van der Waals surface area contributed by atoms with Gasteiger partial charge in [-0.1, -0.05) is 30.4 Å². The van der Waals surface area contributed by atoms with E-state index in [0.717, 1.165) is 5.56 Å². The zero-order chi connectivity index (χ0) is 14.4. The van der Waals surface area contributed by atoms with Crippen molar-refractivity contribution in [3.63, 3.8) is 0 Å². The predicted molar refractivity (Wildman–Crippen MR) is 74.2 cm³/mol. The molecule has 0 aliphatic heterocycles. The maximum absolute atomic E-state index is 13.4. The van der Waals surface area contributed by atoms with Crippen molar-refractivity contribution >= 4 is 18.1 Å². The minimum absolute atomic E-state index is 0. The van der Waals surface area contributed by atoms with Crippen molar-refractivity contribution in [2.24, 2.45) is 0 Å². The summed E-state index contributed by atoms with van der Waals surface area (Å²) in [6.45, 7) is 0.437. The first kappa shape index (κ1) is 16.9. The monoisotopic (exact) mass is 307 g/mol. The molecule has 3 nitrogen and oxygen atoms in total. The van der Waals surface area contributed by atoms with Crippen LogP contribution in [0.4, 0.5) is 4.39 Å². The van der Waals surface area contributed by atoms with Crippen molar-refractivity contribution in [3.8, 4) is 0 Å². The molecule has 0 saturated carbocycles. The highest BCUT2D eigenvalue weighted by Gasteiger charge is 2.04. The Morgan fingerprint density at radius 2 is 1.81 bits per heavy atom. The summed E-state index contributed by atoms with van der Waals surface area (Å²) in [6, 6.07) is 10.3. The molecule has 110 valence electrons. The summed E-state index contributed by atoms with van der Waals surface area (Å²) >= 11 is 0. The summed E-state index contributed by atoms with van der Waals surface area (Å²) in [6.07, 6.45) is 7.25. The van der Waals surface area contributed by atoms with Crippen LogP contribution < -0.4 is 17.0 Å². The molecular formula is C16H15ClFNO2. The van der Waals surface area contributed by atoms with Gasteiger partial charge in [-0.3, -0.25) is 4.79 Å². The zero-order valence-corrected chi connectivity index (χ0v) is 12.0. The Labute approximate surface area is 128 Å². The van der Waals surface area contributed by atoms with Crippen molar-refractivity contribution in [3.05, 3.63) is 65.7 Å². The molecule has 0 aliphatic carbocycles. The van der Waals surface area contributed by atoms with Crippen molar-refractivity contribution in [1.82, 2.24) is 0 Å². The van der Waals surface area contributed by atoms with Crippen molar-refractivity contribution < 1.29 is 31.3 Å². The fraction of sp³-hybridized carbons (Fsp3) is 0.125. The molecule has 0 amide bonds. The van der Waals surface area contributed by atoms with E-state index in [4.69, 9.17) is 5.11 Å². The number of benzene rings is 1. The Bertz CT molecular complexity index is 626. The average molecular weight is 308 g/mol. The first-order valence-corrected chi connectivity index (χ1v) is 6.28. The fourth-order valence-corrected chi connectivity index (χ4v) is 1.75. The van der Waals surface area contributed by atoms with E-state index in [2.05, 4.69) is 0 Å². The number of nitrogens with zero attached hydrogens (tertiary/aromatic N) is 1. The molecule has 1 N–H and O–H groups in total. The topological polar surface area (TPSA) is 41.2 Å². The molecular weight excluding hydrogens is 293 g/mol. The molecule has 5 heteroatoms. The lowest BCUT2D eigenvalue weighted by Gasteiger charge is -1.97. The fourth-order valence-electron chi connectivity index (χ4n) is 1.75. The number of hydrogen-bond donors (Lipinski definition) is 1. The molecule has 0 unspecified atom stereocenters. The summed E-state index contributed by atoms with van der Waals surface area (Å²) in [5.74, 6) is -1.07. The number of aliphatic carboxylic acids is 1. The predicted octanol–water partition coefficient (Wildman–Crippen LogP) is -0.238. The minimum Gasteiger partial charge on any atom is -1.00 e. The highest BCUT2D eigenvalue weighted by atomic mass is 35.5. The van der Waals surface area contributed by atoms with E-state index in [-0.39, 0.29) is 24.6 Å². The molecule has 1 heterocycles. The molecule has 0 saturated heterocycles. The summed E-state index contributed by atoms with van der Waals surface area (Å²) in [4.78, 5) is 10.5. The van der Waals surface area contributed by atoms with Gasteiger partial charge in [0.15, 0.2) is 18.9 Å². The van der Waals surface area contributed by atoms with Gasteiger partial charge in [-0.25, -0.2) is 8.96 Å². The van der Waals surface area contributed by atoms with E-state index in [1.165, 1.54) is 6.07 Å². The lowest BCUT2D eigenvalue weighted by Crippen LogP contribution is -3.00. The van der Waals surface area contributed by atoms with E-state index in [1.54, 1.807) is 28.8 Å². The van der Waals surface area contributed by atoms with Crippen LogP contribution in [0.1, 0.15) is 17.5 Å². The number of halogens is 2. The van der Waals surface area contributed by atoms with Gasteiger partial charge in [-0.15, -0.1) is 0 Å². The van der Waals surface area contributed by atoms with E-state index in [9.17, 15) is 9.18 Å². The van der Waals surface area contributed by atoms with Gasteiger partial charge < -0.3 is 17.5 Å². The number of carboxylic acids is 1. The minimum atomic E-state index is -0.818. The van der Waals surface area contributed by atoms with Crippen LogP contribution in [-0.2, 0) is 11.3 Å². The van der Waals surface area contributed by atoms with E-state index >= 15 is 0 Å². The summed E-state index contributed by atoms with van der Waals surface area (Å²) < 4.78 is 15.2. The molecule has 2 aromatic rings. The maximum atomic E-state index is 13.4. The Hall–Kier alpha value is -2.20. The van der Waals surface area contributed by atoms with Gasteiger partial charge >= 0.3 is 5.97 Å². The maximum Gasteiger partial charge on any atom is 0.309 e. The van der Waals surface area contributed by atoms with E-state index < -0.39 is 5.97 Å². The summed E-state index contributed by atoms with van der Waals surface area (Å²) in [5, 5.41) is 8.61. The number of pyridine rings is 1. The van der Waals surface area contributed by atoms with Gasteiger partial charge in [0.25, 0.3) is 0 Å². The van der Waals surface area contributed by atoms with Gasteiger partial charge in [0.1, 0.15) is 12.2 Å². The highest BCUT2D eigenvalue weighted by Crippen LogP contribution is 2.10. The highest BCUT2D eigenvalue weighted by molar-refractivity contribution is 5.69. The van der Waals surface area contributed by atoms with Crippen LogP contribution in [0.2, 0.25) is 0 Å². The Balaban J connectivity index is 0.00000220. The van der Waals surface area contributed by atoms with Gasteiger partial charge in [0, 0.05) is 17.7 Å². The molecule has 1 aromatic heterocycles. The van der Waals surface area contributed by atoms with Crippen LogP contribution in [-0.4, -0.2) is 11.1 Å². The molecule has 0 fully saturated rings. The Morgan fingerprint density at radius 1 is 1.14 bits per heavy atom. The molecule has 0 aliphatic rings. The second kappa shape index (κ2) is 8.17. The average Bonchev–Trinajstić information content (AvgIpc) is 2.45. The van der Waals surface area contributed by atoms with Crippen LogP contribution in [0.15, 0.2) is 48.8 Å². The van der Waals surface area contributed by atoms with Gasteiger partial charge in [-0.05, 0) is 11.6 Å². The second-order valence-corrected chi connectivity index (χ2v) is 4.37. The van der Waals surface area contributed by atoms with Gasteiger partial charge in [-0.2, -0.15) is 0 Å². The molecule has 0 spiro atoms. The smallest absolute Gasteiger partial charge is 0.309 e. The van der Waals surface area contributed by atoms with Crippen molar-refractivity contribution in [1.29, 1.82) is 0 Å². The SMILES string of the molecule is O=C(O)CC[n+]1ccc(/C=C\c2ccccc2F)cc1.[Cl-]. The van der Waals surface area contributed by atoms with Crippen LogP contribution >= 0.6 is 0 Å². The zero-order valence-electron chi connectivity index (χ0n) is 11.2. The Morgan fingerprint density at radius 3 is 2.43 bits per heavy atom. The van der Waals surface area contributed by atoms with Crippen molar-refractivity contribution in [2.45, 2.75) is 13.0 Å². The lowest BCUT2D eigenvalue weighted by molar-refractivity contribution is -0.696. The quantitative estimate of drug-likeness (QED) is 0.775. The van der Waals surface area contributed by atoms with Gasteiger partial charge in [0.05, 0.1) is 0 Å². The van der Waals surface area contributed by atoms with E-state index in [1.807, 2.05) is 30.6 Å². The van der Waals surface area contributed by atoms with Crippen molar-refractivity contribution in [2.75, 3.05) is 0 Å². The molecule has 2 rings (SSSR count). The number of carboxylic acid groups (broad SMARTS) is 1.